The number of halogens is 3. The molecule has 1 unspecified atom stereocenters. The molecule has 2 bridgehead atoms. The zero-order valence-electron chi connectivity index (χ0n) is 34.5. The van der Waals surface area contributed by atoms with Gasteiger partial charge in [0.1, 0.15) is 11.7 Å². The number of benzene rings is 2. The minimum absolute atomic E-state index is 0.109. The molecule has 6 aromatic rings. The van der Waals surface area contributed by atoms with Gasteiger partial charge in [-0.15, -0.1) is 0 Å². The first kappa shape index (κ1) is 40.5. The number of imidazole rings is 2. The summed E-state index contributed by atoms with van der Waals surface area (Å²) in [5.41, 5.74) is 4.75. The fourth-order valence-electron chi connectivity index (χ4n) is 10.2. The maximum Gasteiger partial charge on any atom is 0.329 e. The molecule has 3 N–H and O–H groups in total. The highest BCUT2D eigenvalue weighted by molar-refractivity contribution is 6.00. The number of carbonyl (C=O) groups is 3. The average Bonchev–Trinajstić information content (AvgIpc) is 3.85. The number of pyridine rings is 1. The van der Waals surface area contributed by atoms with Gasteiger partial charge in [0.15, 0.2) is 17.4 Å². The van der Waals surface area contributed by atoms with Gasteiger partial charge in [-0.1, -0.05) is 6.07 Å². The normalized spacial score (nSPS) is 22.9. The number of hydrogen-bond donors (Lipinski definition) is 3. The third-order valence-electron chi connectivity index (χ3n) is 14.1. The average molecular weight is 863 g/mol. The number of nitrogens with one attached hydrogen (secondary N) is 2. The first-order valence-electron chi connectivity index (χ1n) is 21.3. The molecule has 18 heteroatoms. The second kappa shape index (κ2) is 15.4. The fraction of sp³-hybridized carbons (Fsp3) is 0.400. The molecule has 0 radical (unpaired) electrons. The Bertz CT molecular complexity index is 2880. The number of aromatic hydroxyl groups is 1. The van der Waals surface area contributed by atoms with Crippen LogP contribution in [0, 0.1) is 22.9 Å². The van der Waals surface area contributed by atoms with Gasteiger partial charge >= 0.3 is 5.69 Å². The first-order chi connectivity index (χ1) is 30.3. The van der Waals surface area contributed by atoms with Crippen molar-refractivity contribution < 1.29 is 32.7 Å². The van der Waals surface area contributed by atoms with Crippen LogP contribution in [0.2, 0.25) is 0 Å². The number of rotatable bonds is 9. The number of nitrogens with zero attached hydrogens (tertiary/aromatic N) is 8. The summed E-state index contributed by atoms with van der Waals surface area (Å²) in [5.74, 6) is -7.23. The molecule has 2 saturated heterocycles. The van der Waals surface area contributed by atoms with E-state index >= 15 is 0 Å². The standard InChI is InChI=1S/C45H45F3N10O5/c1-54-33-18-26(2-3-31(33)58(43(54)63)32-4-5-36(59)53-41(32)62)23-55-14-16-56(17-15-55)42-49-21-28(22-50-42)27-6-13-57-24-34(52-35(57)19-27)45-10-7-44(8-11-45,9-12-45)25-51-40(61)29-20-30(46)39(60)38(48)37(29)47/h2-3,6,13,18-22,24,32,60H,4-5,7-12,14-17,23,25H2,1H3,(H,51,61)(H,53,59,62)/t32?,44-,45+. The van der Waals surface area contributed by atoms with Crippen LogP contribution in [0.25, 0.3) is 27.8 Å². The van der Waals surface area contributed by atoms with Crippen LogP contribution >= 0.6 is 0 Å². The van der Waals surface area contributed by atoms with Gasteiger partial charge in [-0.25, -0.2) is 28.5 Å². The van der Waals surface area contributed by atoms with E-state index in [0.717, 1.165) is 98.3 Å². The minimum atomic E-state index is -1.78. The molecule has 63 heavy (non-hydrogen) atoms. The van der Waals surface area contributed by atoms with E-state index in [-0.39, 0.29) is 35.4 Å². The molecule has 3 saturated carbocycles. The molecule has 1 atom stereocenters. The van der Waals surface area contributed by atoms with Crippen LogP contribution in [-0.2, 0) is 28.6 Å². The summed E-state index contributed by atoms with van der Waals surface area (Å²) in [7, 11) is 1.70. The monoisotopic (exact) mass is 862 g/mol. The summed E-state index contributed by atoms with van der Waals surface area (Å²) >= 11 is 0. The molecule has 2 aliphatic heterocycles. The number of phenols is 1. The number of carbonyl (C=O) groups excluding carboxylic acids is 3. The van der Waals surface area contributed by atoms with Crippen molar-refractivity contribution in [3.8, 4) is 16.9 Å². The number of piperazine rings is 1. The predicted molar refractivity (Wildman–Crippen MR) is 224 cm³/mol. The van der Waals surface area contributed by atoms with Gasteiger partial charge in [0.2, 0.25) is 23.6 Å². The SMILES string of the molecule is Cn1c(=O)n(C2CCC(=O)NC2=O)c2ccc(CN3CCN(c4ncc(-c5ccn6cc([C@]78CC[C@](CNC(=O)c9cc(F)c(O)c(F)c9F)(CC7)CC8)nc6c5)cn4)CC3)cc21. The number of amides is 3. The third kappa shape index (κ3) is 7.09. The van der Waals surface area contributed by atoms with Crippen LogP contribution in [0.1, 0.15) is 79.0 Å². The number of hydrogen-bond acceptors (Lipinski definition) is 10. The molecule has 5 fully saturated rings. The molecule has 3 aliphatic carbocycles. The zero-order chi connectivity index (χ0) is 43.8. The number of imide groups is 1. The number of phenolic OH excluding ortho intramolecular Hbond substituents is 1. The second-order valence-electron chi connectivity index (χ2n) is 17.7. The number of anilines is 1. The molecule has 2 aromatic carbocycles. The molecule has 5 aliphatic rings. The maximum absolute atomic E-state index is 14.3. The highest BCUT2D eigenvalue weighted by Crippen LogP contribution is 2.57. The highest BCUT2D eigenvalue weighted by atomic mass is 19.2. The zero-order valence-corrected chi connectivity index (χ0v) is 34.5. The Labute approximate surface area is 358 Å². The molecule has 6 heterocycles. The molecule has 4 aromatic heterocycles. The van der Waals surface area contributed by atoms with Crippen LogP contribution in [0.15, 0.2) is 66.0 Å². The lowest BCUT2D eigenvalue weighted by Crippen LogP contribution is -2.49. The lowest BCUT2D eigenvalue weighted by molar-refractivity contribution is -0.135. The van der Waals surface area contributed by atoms with Crippen molar-refractivity contribution in [2.45, 2.75) is 69.4 Å². The van der Waals surface area contributed by atoms with Gasteiger partial charge in [0, 0.05) is 88.5 Å². The van der Waals surface area contributed by atoms with Crippen molar-refractivity contribution in [1.82, 2.24) is 44.0 Å². The smallest absolute Gasteiger partial charge is 0.329 e. The van der Waals surface area contributed by atoms with Crippen molar-refractivity contribution >= 4 is 40.4 Å². The van der Waals surface area contributed by atoms with Crippen molar-refractivity contribution in [3.63, 3.8) is 0 Å². The van der Waals surface area contributed by atoms with E-state index in [9.17, 15) is 37.5 Å². The van der Waals surface area contributed by atoms with Crippen molar-refractivity contribution in [2.24, 2.45) is 12.5 Å². The van der Waals surface area contributed by atoms with Crippen LogP contribution in [0.5, 0.6) is 5.75 Å². The Morgan fingerprint density at radius 3 is 2.35 bits per heavy atom. The fourth-order valence-corrected chi connectivity index (χ4v) is 10.2. The Hall–Kier alpha value is -6.56. The Kier molecular flexibility index (Phi) is 9.87. The number of aryl methyl sites for hydroxylation is 1. The number of fused-ring (bicyclic) bond motifs is 5. The number of aromatic nitrogens is 6. The number of piperidine rings is 1. The van der Waals surface area contributed by atoms with Gasteiger partial charge in [-0.05, 0) is 91.8 Å². The van der Waals surface area contributed by atoms with E-state index in [1.165, 1.54) is 4.57 Å². The van der Waals surface area contributed by atoms with Crippen molar-refractivity contribution in [3.05, 3.63) is 106 Å². The third-order valence-corrected chi connectivity index (χ3v) is 14.1. The summed E-state index contributed by atoms with van der Waals surface area (Å²) < 4.78 is 47.2. The van der Waals surface area contributed by atoms with Gasteiger partial charge in [-0.3, -0.25) is 33.7 Å². The van der Waals surface area contributed by atoms with E-state index in [1.54, 1.807) is 11.6 Å². The van der Waals surface area contributed by atoms with Crippen LogP contribution in [-0.4, -0.2) is 88.9 Å². The molecular formula is C45H45F3N10O5. The van der Waals surface area contributed by atoms with E-state index in [4.69, 9.17) is 15.0 Å². The predicted octanol–water partition coefficient (Wildman–Crippen LogP) is 4.89. The van der Waals surface area contributed by atoms with Crippen LogP contribution in [0.4, 0.5) is 19.1 Å². The second-order valence-corrected chi connectivity index (χ2v) is 17.7. The van der Waals surface area contributed by atoms with E-state index < -0.39 is 46.6 Å². The van der Waals surface area contributed by atoms with E-state index in [0.29, 0.717) is 30.5 Å². The Morgan fingerprint density at radius 1 is 0.905 bits per heavy atom. The largest absolute Gasteiger partial charge is 0.503 e. The molecule has 11 rings (SSSR count). The van der Waals surface area contributed by atoms with Gasteiger partial charge in [-0.2, -0.15) is 4.39 Å². The van der Waals surface area contributed by atoms with Crippen molar-refractivity contribution in [2.75, 3.05) is 37.6 Å². The summed E-state index contributed by atoms with van der Waals surface area (Å²) in [4.78, 5) is 69.3. The van der Waals surface area contributed by atoms with Gasteiger partial charge < -0.3 is 19.7 Å². The summed E-state index contributed by atoms with van der Waals surface area (Å²) in [5, 5.41) is 14.4. The molecule has 3 amide bonds. The van der Waals surface area contributed by atoms with Crippen LogP contribution < -0.4 is 21.2 Å². The summed E-state index contributed by atoms with van der Waals surface area (Å²) in [6, 6.07) is 9.74. The minimum Gasteiger partial charge on any atom is -0.503 e. The Morgan fingerprint density at radius 2 is 1.63 bits per heavy atom. The lowest BCUT2D eigenvalue weighted by atomic mass is 9.53. The van der Waals surface area contributed by atoms with Gasteiger partial charge in [0.25, 0.3) is 5.91 Å². The lowest BCUT2D eigenvalue weighted by Gasteiger charge is -2.53. The maximum atomic E-state index is 14.3. The topological polar surface area (TPSA) is 172 Å². The molecular weight excluding hydrogens is 818 g/mol. The molecule has 15 nitrogen and oxygen atoms in total. The van der Waals surface area contributed by atoms with Crippen LogP contribution in [0.3, 0.4) is 0 Å². The Balaban J connectivity index is 0.747. The first-order valence-corrected chi connectivity index (χ1v) is 21.3. The summed E-state index contributed by atoms with van der Waals surface area (Å²) in [6.07, 6.45) is 13.3. The van der Waals surface area contributed by atoms with Gasteiger partial charge in [0.05, 0.1) is 22.3 Å². The van der Waals surface area contributed by atoms with E-state index in [1.807, 2.05) is 53.3 Å². The molecule has 326 valence electrons. The summed E-state index contributed by atoms with van der Waals surface area (Å²) in [6.45, 7) is 4.03. The molecule has 0 spiro atoms. The quantitative estimate of drug-likeness (QED) is 0.134. The highest BCUT2D eigenvalue weighted by Gasteiger charge is 2.50. The van der Waals surface area contributed by atoms with E-state index in [2.05, 4.69) is 26.6 Å². The van der Waals surface area contributed by atoms with Crippen molar-refractivity contribution in [1.29, 1.82) is 0 Å².